The number of fused-ring (bicyclic) bond motifs is 1. The first-order valence-corrected chi connectivity index (χ1v) is 12.4. The van der Waals surface area contributed by atoms with Crippen molar-refractivity contribution < 1.29 is 19.5 Å². The Bertz CT molecular complexity index is 1680. The number of aromatic nitrogens is 4. The number of hydrogen-bond donors (Lipinski definition) is 2. The van der Waals surface area contributed by atoms with Crippen molar-refractivity contribution in [2.45, 2.75) is 12.5 Å². The molecule has 3 aromatic carbocycles. The van der Waals surface area contributed by atoms with Crippen molar-refractivity contribution in [1.82, 2.24) is 25.1 Å². The molecule has 4 aromatic rings. The van der Waals surface area contributed by atoms with E-state index in [2.05, 4.69) is 25.7 Å². The zero-order valence-electron chi connectivity index (χ0n) is 20.7. The van der Waals surface area contributed by atoms with Crippen molar-refractivity contribution in [3.8, 4) is 5.69 Å². The number of halogens is 1. The Hall–Kier alpha value is -5.34. The molecule has 1 aliphatic rings. The van der Waals surface area contributed by atoms with Crippen molar-refractivity contribution in [3.63, 3.8) is 0 Å². The summed E-state index contributed by atoms with van der Waals surface area (Å²) in [4.78, 5) is 43.4. The van der Waals surface area contributed by atoms with Gasteiger partial charge < -0.3 is 15.3 Å². The Morgan fingerprint density at radius 2 is 1.93 bits per heavy atom. The number of carboxylic acid groups (broad SMARTS) is 1. The molecule has 0 aliphatic carbocycles. The van der Waals surface area contributed by atoms with Crippen molar-refractivity contribution in [3.05, 3.63) is 112 Å². The molecule has 1 atom stereocenters. The Kier molecular flexibility index (Phi) is 7.35. The van der Waals surface area contributed by atoms with Gasteiger partial charge in [0.05, 0.1) is 17.8 Å². The minimum atomic E-state index is -1.09. The number of aromatic carboxylic acids is 1. The van der Waals surface area contributed by atoms with Crippen molar-refractivity contribution in [2.75, 3.05) is 11.9 Å². The van der Waals surface area contributed by atoms with Gasteiger partial charge in [0.15, 0.2) is 5.69 Å². The highest BCUT2D eigenvalue weighted by Gasteiger charge is 2.36. The summed E-state index contributed by atoms with van der Waals surface area (Å²) in [6, 6.07) is 14.9. The number of nitrogens with one attached hydrogen (secondary N) is 1. The minimum absolute atomic E-state index is 0.0757. The summed E-state index contributed by atoms with van der Waals surface area (Å²) >= 11 is 6.20. The van der Waals surface area contributed by atoms with E-state index in [1.165, 1.54) is 46.3 Å². The molecule has 2 N–H and O–H groups in total. The molecule has 5 rings (SSSR count). The van der Waals surface area contributed by atoms with Crippen LogP contribution in [0.5, 0.6) is 0 Å². The van der Waals surface area contributed by atoms with Crippen LogP contribution in [-0.2, 0) is 16.0 Å². The van der Waals surface area contributed by atoms with Crippen LogP contribution in [0.4, 0.5) is 11.4 Å². The highest BCUT2D eigenvalue weighted by Crippen LogP contribution is 2.36. The predicted molar refractivity (Wildman–Crippen MR) is 146 cm³/mol. The van der Waals surface area contributed by atoms with Crippen LogP contribution < -0.4 is 5.32 Å². The number of carbonyl (C=O) groups is 3. The quantitative estimate of drug-likeness (QED) is 0.268. The zero-order chi connectivity index (χ0) is 28.2. The summed E-state index contributed by atoms with van der Waals surface area (Å²) in [5, 5.41) is 23.6. The van der Waals surface area contributed by atoms with Crippen molar-refractivity contribution >= 4 is 46.8 Å². The van der Waals surface area contributed by atoms with E-state index < -0.39 is 23.8 Å². The van der Waals surface area contributed by atoms with Crippen LogP contribution in [0.2, 0.25) is 5.02 Å². The standard InChI is InChI=1S/C28H20ClN7O4/c1-30-23-4-2-3-22-21(23)13-14-35(26(22)27(38)32-20-9-5-17(6-10-20)28(39)40)25(37)12-7-18-15-19(29)8-11-24(18)36-16-31-33-34-36/h2-12,15-16,26H,13-14H2,(H,32,38)(H,39,40)/b12-7+. The van der Waals surface area contributed by atoms with E-state index in [1.807, 2.05) is 0 Å². The highest BCUT2D eigenvalue weighted by atomic mass is 35.5. The average Bonchev–Trinajstić information content (AvgIpc) is 3.50. The van der Waals surface area contributed by atoms with Crippen LogP contribution in [0, 0.1) is 6.57 Å². The van der Waals surface area contributed by atoms with Crippen LogP contribution in [0.1, 0.15) is 33.1 Å². The summed E-state index contributed by atoms with van der Waals surface area (Å²) in [5.74, 6) is -2.01. The SMILES string of the molecule is [C-]#[N+]c1cccc2c1CCN(C(=O)/C=C/c1cc(Cl)ccc1-n1cnnn1)C2C(=O)Nc1ccc(C(=O)O)cc1. The van der Waals surface area contributed by atoms with Gasteiger partial charge in [-0.1, -0.05) is 29.8 Å². The summed E-state index contributed by atoms with van der Waals surface area (Å²) in [6.07, 6.45) is 4.75. The summed E-state index contributed by atoms with van der Waals surface area (Å²) in [6.45, 7) is 7.74. The Labute approximate surface area is 233 Å². The average molecular weight is 554 g/mol. The number of carboxylic acids is 1. The lowest BCUT2D eigenvalue weighted by molar-refractivity contribution is -0.135. The first kappa shape index (κ1) is 26.3. The highest BCUT2D eigenvalue weighted by molar-refractivity contribution is 6.30. The van der Waals surface area contributed by atoms with Crippen molar-refractivity contribution in [2.24, 2.45) is 0 Å². The second-order valence-electron chi connectivity index (χ2n) is 8.80. The number of benzene rings is 3. The van der Waals surface area contributed by atoms with Crippen molar-refractivity contribution in [1.29, 1.82) is 0 Å². The second kappa shape index (κ2) is 11.2. The van der Waals surface area contributed by atoms with Crippen LogP contribution in [-0.4, -0.2) is 54.5 Å². The van der Waals surface area contributed by atoms with E-state index >= 15 is 0 Å². The molecular formula is C28H20ClN7O4. The van der Waals surface area contributed by atoms with Crippen LogP contribution in [0.15, 0.2) is 73.1 Å². The van der Waals surface area contributed by atoms with Gasteiger partial charge in [-0.2, -0.15) is 4.68 Å². The van der Waals surface area contributed by atoms with E-state index in [0.29, 0.717) is 45.2 Å². The van der Waals surface area contributed by atoms with Gasteiger partial charge in [0, 0.05) is 28.9 Å². The molecule has 2 heterocycles. The van der Waals surface area contributed by atoms with E-state index in [0.717, 1.165) is 0 Å². The molecule has 2 amide bonds. The van der Waals surface area contributed by atoms with Gasteiger partial charge in [0.1, 0.15) is 12.4 Å². The number of amides is 2. The number of nitrogens with zero attached hydrogens (tertiary/aromatic N) is 6. The second-order valence-corrected chi connectivity index (χ2v) is 9.24. The van der Waals surface area contributed by atoms with Gasteiger partial charge in [0.25, 0.3) is 5.91 Å². The smallest absolute Gasteiger partial charge is 0.335 e. The van der Waals surface area contributed by atoms with Crippen LogP contribution >= 0.6 is 11.6 Å². The van der Waals surface area contributed by atoms with Gasteiger partial charge in [-0.15, -0.1) is 5.10 Å². The number of anilines is 1. The molecule has 11 nitrogen and oxygen atoms in total. The van der Waals surface area contributed by atoms with E-state index in [9.17, 15) is 14.4 Å². The molecule has 0 fully saturated rings. The lowest BCUT2D eigenvalue weighted by Gasteiger charge is -2.36. The lowest BCUT2D eigenvalue weighted by Crippen LogP contribution is -2.44. The fourth-order valence-corrected chi connectivity index (χ4v) is 4.76. The maximum atomic E-state index is 13.6. The fraction of sp³-hybridized carbons (Fsp3) is 0.107. The molecule has 0 saturated carbocycles. The molecule has 0 spiro atoms. The first-order chi connectivity index (χ1) is 19.4. The minimum Gasteiger partial charge on any atom is -0.478 e. The number of tetrazole rings is 1. The summed E-state index contributed by atoms with van der Waals surface area (Å²) < 4.78 is 1.44. The van der Waals surface area contributed by atoms with E-state index in [1.54, 1.807) is 42.5 Å². The molecule has 0 radical (unpaired) electrons. The van der Waals surface area contributed by atoms with Gasteiger partial charge >= 0.3 is 5.97 Å². The lowest BCUT2D eigenvalue weighted by atomic mass is 9.90. The molecule has 40 heavy (non-hydrogen) atoms. The monoisotopic (exact) mass is 553 g/mol. The van der Waals surface area contributed by atoms with Gasteiger partial charge in [0.2, 0.25) is 5.91 Å². The topological polar surface area (TPSA) is 135 Å². The van der Waals surface area contributed by atoms with E-state index in [4.69, 9.17) is 23.3 Å². The summed E-state index contributed by atoms with van der Waals surface area (Å²) in [5.41, 5.74) is 3.32. The maximum absolute atomic E-state index is 13.6. The third-order valence-corrected chi connectivity index (χ3v) is 6.67. The Morgan fingerprint density at radius 1 is 1.12 bits per heavy atom. The largest absolute Gasteiger partial charge is 0.478 e. The van der Waals surface area contributed by atoms with E-state index in [-0.39, 0.29) is 12.1 Å². The normalized spacial score (nSPS) is 14.4. The molecule has 12 heteroatoms. The molecule has 1 aromatic heterocycles. The third kappa shape index (κ3) is 5.29. The molecule has 0 bridgehead atoms. The fourth-order valence-electron chi connectivity index (χ4n) is 4.58. The van der Waals surface area contributed by atoms with Crippen LogP contribution in [0.25, 0.3) is 16.6 Å². The first-order valence-electron chi connectivity index (χ1n) is 12.0. The maximum Gasteiger partial charge on any atom is 0.335 e. The molecule has 0 saturated heterocycles. The van der Waals surface area contributed by atoms with Crippen LogP contribution in [0.3, 0.4) is 0 Å². The summed E-state index contributed by atoms with van der Waals surface area (Å²) in [7, 11) is 0. The van der Waals surface area contributed by atoms with Gasteiger partial charge in [-0.25, -0.2) is 9.64 Å². The predicted octanol–water partition coefficient (Wildman–Crippen LogP) is 4.34. The third-order valence-electron chi connectivity index (χ3n) is 6.44. The number of carbonyl (C=O) groups excluding carboxylic acids is 2. The molecule has 1 unspecified atom stereocenters. The Morgan fingerprint density at radius 3 is 2.62 bits per heavy atom. The van der Waals surface area contributed by atoms with Gasteiger partial charge in [-0.05, 0) is 76.5 Å². The molecule has 1 aliphatic heterocycles. The number of hydrogen-bond acceptors (Lipinski definition) is 6. The molecule has 198 valence electrons. The number of rotatable bonds is 6. The zero-order valence-corrected chi connectivity index (χ0v) is 21.5. The van der Waals surface area contributed by atoms with Gasteiger partial charge in [-0.3, -0.25) is 9.59 Å². The molecular weight excluding hydrogens is 534 g/mol. The Balaban J connectivity index is 1.47.